The number of nitrogens with zero attached hydrogens (tertiary/aromatic N) is 1. The molecule has 2 aliphatic heterocycles. The van der Waals surface area contributed by atoms with E-state index in [1.807, 2.05) is 0 Å². The fraction of sp³-hybridized carbons (Fsp3) is 1.00. The van der Waals surface area contributed by atoms with Crippen molar-refractivity contribution in [2.24, 2.45) is 5.41 Å². The fourth-order valence-electron chi connectivity index (χ4n) is 3.12. The maximum atomic E-state index is 6.39. The second-order valence-corrected chi connectivity index (χ2v) is 7.03. The van der Waals surface area contributed by atoms with Crippen LogP contribution in [0.1, 0.15) is 52.9 Å². The number of hydrogen-bond acceptors (Lipinski definition) is 2. The summed E-state index contributed by atoms with van der Waals surface area (Å²) in [6.45, 7) is 9.37. The van der Waals surface area contributed by atoms with Gasteiger partial charge in [0.1, 0.15) is 0 Å². The van der Waals surface area contributed by atoms with Crippen molar-refractivity contribution in [3.05, 3.63) is 0 Å². The molecule has 0 bridgehead atoms. The largest absolute Gasteiger partial charge is 0.372 e. The van der Waals surface area contributed by atoms with Crippen LogP contribution in [-0.4, -0.2) is 36.7 Å². The molecular formula is C14H27NO. The Kier molecular flexibility index (Phi) is 3.33. The highest BCUT2D eigenvalue weighted by Gasteiger charge is 2.42. The van der Waals surface area contributed by atoms with Crippen molar-refractivity contribution in [1.82, 2.24) is 4.90 Å². The first-order valence-corrected chi connectivity index (χ1v) is 6.75. The first kappa shape index (κ1) is 12.4. The highest BCUT2D eigenvalue weighted by molar-refractivity contribution is 4.93. The Hall–Kier alpha value is -0.0800. The highest BCUT2D eigenvalue weighted by atomic mass is 16.5. The van der Waals surface area contributed by atoms with Crippen molar-refractivity contribution >= 4 is 0 Å². The average molecular weight is 225 g/mol. The van der Waals surface area contributed by atoms with Gasteiger partial charge in [-0.15, -0.1) is 0 Å². The monoisotopic (exact) mass is 225 g/mol. The van der Waals surface area contributed by atoms with E-state index in [0.717, 1.165) is 0 Å². The Morgan fingerprint density at radius 1 is 1.19 bits per heavy atom. The van der Waals surface area contributed by atoms with Crippen LogP contribution in [-0.2, 0) is 4.74 Å². The van der Waals surface area contributed by atoms with Gasteiger partial charge in [0.2, 0.25) is 0 Å². The average Bonchev–Trinajstić information content (AvgIpc) is 2.52. The zero-order chi connectivity index (χ0) is 11.8. The molecule has 2 fully saturated rings. The summed E-state index contributed by atoms with van der Waals surface area (Å²) < 4.78 is 6.39. The summed E-state index contributed by atoms with van der Waals surface area (Å²) in [7, 11) is 2.22. The molecule has 0 aliphatic carbocycles. The van der Waals surface area contributed by atoms with E-state index < -0.39 is 0 Å². The molecule has 0 N–H and O–H groups in total. The Bertz CT molecular complexity index is 236. The van der Waals surface area contributed by atoms with Gasteiger partial charge in [0.25, 0.3) is 0 Å². The van der Waals surface area contributed by atoms with Gasteiger partial charge in [0.15, 0.2) is 0 Å². The normalized spacial score (nSPS) is 31.1. The summed E-state index contributed by atoms with van der Waals surface area (Å²) >= 11 is 0. The Balaban J connectivity index is 1.87. The summed E-state index contributed by atoms with van der Waals surface area (Å²) in [6.07, 6.45) is 6.78. The highest BCUT2D eigenvalue weighted by Crippen LogP contribution is 2.41. The molecule has 1 spiro atoms. The van der Waals surface area contributed by atoms with Gasteiger partial charge in [-0.3, -0.25) is 0 Å². The molecule has 2 heterocycles. The maximum absolute atomic E-state index is 6.39. The molecule has 2 heteroatoms. The Morgan fingerprint density at radius 2 is 1.81 bits per heavy atom. The molecule has 0 amide bonds. The van der Waals surface area contributed by atoms with E-state index in [2.05, 4.69) is 32.7 Å². The summed E-state index contributed by atoms with van der Waals surface area (Å²) in [5, 5.41) is 0. The molecule has 2 aliphatic rings. The van der Waals surface area contributed by atoms with E-state index in [-0.39, 0.29) is 5.60 Å². The van der Waals surface area contributed by atoms with Crippen molar-refractivity contribution < 1.29 is 4.74 Å². The molecule has 94 valence electrons. The smallest absolute Gasteiger partial charge is 0.0711 e. The minimum Gasteiger partial charge on any atom is -0.372 e. The SMILES string of the molecule is CN1CCC2(CCC(CC(C)(C)C)O2)CC1. The fourth-order valence-corrected chi connectivity index (χ4v) is 3.12. The van der Waals surface area contributed by atoms with Crippen molar-refractivity contribution in [3.63, 3.8) is 0 Å². The molecular weight excluding hydrogens is 198 g/mol. The standard InChI is InChI=1S/C14H27NO/c1-13(2,3)11-12-5-6-14(16-12)7-9-15(4)10-8-14/h12H,5-11H2,1-4H3. The molecule has 16 heavy (non-hydrogen) atoms. The first-order valence-electron chi connectivity index (χ1n) is 6.75. The van der Waals surface area contributed by atoms with Gasteiger partial charge in [-0.05, 0) is 44.6 Å². The summed E-state index contributed by atoms with van der Waals surface area (Å²) in [5.74, 6) is 0. The second kappa shape index (κ2) is 4.30. The van der Waals surface area contributed by atoms with Gasteiger partial charge in [0, 0.05) is 13.1 Å². The van der Waals surface area contributed by atoms with Crippen LogP contribution in [0.3, 0.4) is 0 Å². The number of ether oxygens (including phenoxy) is 1. The Morgan fingerprint density at radius 3 is 2.38 bits per heavy atom. The van der Waals surface area contributed by atoms with Gasteiger partial charge < -0.3 is 9.64 Å². The quantitative estimate of drug-likeness (QED) is 0.680. The van der Waals surface area contributed by atoms with Crippen LogP contribution in [0, 0.1) is 5.41 Å². The minimum absolute atomic E-state index is 0.252. The predicted octanol–water partition coefficient (Wildman–Crippen LogP) is 3.07. The molecule has 0 radical (unpaired) electrons. The van der Waals surface area contributed by atoms with E-state index in [4.69, 9.17) is 4.74 Å². The van der Waals surface area contributed by atoms with E-state index in [0.29, 0.717) is 11.5 Å². The third-order valence-corrected chi connectivity index (χ3v) is 4.08. The number of likely N-dealkylation sites (tertiary alicyclic amines) is 1. The molecule has 2 saturated heterocycles. The second-order valence-electron chi connectivity index (χ2n) is 7.03. The van der Waals surface area contributed by atoms with Gasteiger partial charge in [0.05, 0.1) is 11.7 Å². The van der Waals surface area contributed by atoms with E-state index in [1.54, 1.807) is 0 Å². The van der Waals surface area contributed by atoms with Gasteiger partial charge in [-0.2, -0.15) is 0 Å². The summed E-state index contributed by atoms with van der Waals surface area (Å²) in [5.41, 5.74) is 0.657. The molecule has 1 unspecified atom stereocenters. The van der Waals surface area contributed by atoms with Crippen LogP contribution in [0.2, 0.25) is 0 Å². The van der Waals surface area contributed by atoms with E-state index >= 15 is 0 Å². The third kappa shape index (κ3) is 2.98. The van der Waals surface area contributed by atoms with Crippen LogP contribution >= 0.6 is 0 Å². The van der Waals surface area contributed by atoms with Crippen LogP contribution in [0.5, 0.6) is 0 Å². The zero-order valence-corrected chi connectivity index (χ0v) is 11.4. The molecule has 2 nitrogen and oxygen atoms in total. The Labute approximate surface area is 100 Å². The lowest BCUT2D eigenvalue weighted by atomic mass is 9.86. The molecule has 1 atom stereocenters. The predicted molar refractivity (Wildman–Crippen MR) is 67.6 cm³/mol. The van der Waals surface area contributed by atoms with Crippen molar-refractivity contribution in [2.75, 3.05) is 20.1 Å². The van der Waals surface area contributed by atoms with Crippen molar-refractivity contribution in [3.8, 4) is 0 Å². The third-order valence-electron chi connectivity index (χ3n) is 4.08. The van der Waals surface area contributed by atoms with Gasteiger partial charge in [-0.25, -0.2) is 0 Å². The van der Waals surface area contributed by atoms with Crippen LogP contribution < -0.4 is 0 Å². The van der Waals surface area contributed by atoms with Crippen molar-refractivity contribution in [2.45, 2.75) is 64.6 Å². The molecule has 0 aromatic heterocycles. The topological polar surface area (TPSA) is 12.5 Å². The molecule has 2 rings (SSSR count). The molecule has 0 aromatic carbocycles. The lowest BCUT2D eigenvalue weighted by Gasteiger charge is -2.38. The summed E-state index contributed by atoms with van der Waals surface area (Å²) in [6, 6.07) is 0. The van der Waals surface area contributed by atoms with Crippen LogP contribution in [0.4, 0.5) is 0 Å². The number of rotatable bonds is 1. The van der Waals surface area contributed by atoms with Crippen LogP contribution in [0.25, 0.3) is 0 Å². The first-order chi connectivity index (χ1) is 7.39. The summed E-state index contributed by atoms with van der Waals surface area (Å²) in [4.78, 5) is 2.42. The molecule has 0 saturated carbocycles. The lowest BCUT2D eigenvalue weighted by molar-refractivity contribution is -0.0828. The van der Waals surface area contributed by atoms with Crippen molar-refractivity contribution in [1.29, 1.82) is 0 Å². The van der Waals surface area contributed by atoms with E-state index in [9.17, 15) is 0 Å². The molecule has 0 aromatic rings. The van der Waals surface area contributed by atoms with Crippen LogP contribution in [0.15, 0.2) is 0 Å². The maximum Gasteiger partial charge on any atom is 0.0711 e. The minimum atomic E-state index is 0.252. The van der Waals surface area contributed by atoms with Gasteiger partial charge >= 0.3 is 0 Å². The van der Waals surface area contributed by atoms with E-state index in [1.165, 1.54) is 45.2 Å². The zero-order valence-electron chi connectivity index (χ0n) is 11.4. The number of hydrogen-bond donors (Lipinski definition) is 0. The number of piperidine rings is 1. The van der Waals surface area contributed by atoms with Gasteiger partial charge in [-0.1, -0.05) is 20.8 Å². The lowest BCUT2D eigenvalue weighted by Crippen LogP contribution is -2.42.